The van der Waals surface area contributed by atoms with E-state index in [9.17, 15) is 9.18 Å². The number of likely N-dealkylation sites (tertiary alicyclic amines) is 1. The van der Waals surface area contributed by atoms with Crippen molar-refractivity contribution in [2.75, 3.05) is 20.2 Å². The predicted octanol–water partition coefficient (Wildman–Crippen LogP) is 3.17. The molecule has 0 N–H and O–H groups in total. The lowest BCUT2D eigenvalue weighted by Crippen LogP contribution is -2.39. The Morgan fingerprint density at radius 1 is 1.19 bits per heavy atom. The Morgan fingerprint density at radius 2 is 2.07 bits per heavy atom. The number of ether oxygens (including phenoxy) is 1. The Morgan fingerprint density at radius 3 is 2.89 bits per heavy atom. The second-order valence-electron chi connectivity index (χ2n) is 7.38. The number of fused-ring (bicyclic) bond motifs is 1. The number of nitrogens with zero attached hydrogens (tertiary/aromatic N) is 4. The zero-order chi connectivity index (χ0) is 18.8. The monoisotopic (exact) mass is 372 g/mol. The smallest absolute Gasteiger partial charge is 0.253 e. The summed E-state index contributed by atoms with van der Waals surface area (Å²) in [5.74, 6) is 1.75. The molecule has 6 nitrogen and oxygen atoms in total. The average Bonchev–Trinajstić information content (AvgIpc) is 2.96. The maximum atomic E-state index is 14.0. The lowest BCUT2D eigenvalue weighted by atomic mass is 9.96. The van der Waals surface area contributed by atoms with E-state index in [1.807, 2.05) is 4.90 Å². The van der Waals surface area contributed by atoms with E-state index in [2.05, 4.69) is 14.8 Å². The van der Waals surface area contributed by atoms with Crippen molar-refractivity contribution in [3.63, 3.8) is 0 Å². The molecule has 1 atom stereocenters. The number of halogens is 1. The van der Waals surface area contributed by atoms with Gasteiger partial charge in [-0.1, -0.05) is 6.42 Å². The summed E-state index contributed by atoms with van der Waals surface area (Å²) in [5, 5.41) is 8.86. The Hall–Kier alpha value is -2.44. The molecule has 0 aliphatic carbocycles. The number of methoxy groups -OCH3 is 1. The van der Waals surface area contributed by atoms with Crippen molar-refractivity contribution < 1.29 is 13.9 Å². The minimum absolute atomic E-state index is 0.142. The number of hydrogen-bond acceptors (Lipinski definition) is 4. The zero-order valence-corrected chi connectivity index (χ0v) is 15.7. The quantitative estimate of drug-likeness (QED) is 0.830. The van der Waals surface area contributed by atoms with E-state index in [0.717, 1.165) is 50.3 Å². The molecule has 27 heavy (non-hydrogen) atoms. The average molecular weight is 372 g/mol. The van der Waals surface area contributed by atoms with Crippen LogP contribution in [0.2, 0.25) is 0 Å². The molecule has 1 aromatic carbocycles. The summed E-state index contributed by atoms with van der Waals surface area (Å²) >= 11 is 0. The molecule has 2 aromatic rings. The number of hydrogen-bond donors (Lipinski definition) is 0. The summed E-state index contributed by atoms with van der Waals surface area (Å²) in [6.07, 6.45) is 6.43. The summed E-state index contributed by atoms with van der Waals surface area (Å²) in [5.41, 5.74) is 0.356. The van der Waals surface area contributed by atoms with Crippen molar-refractivity contribution in [2.24, 2.45) is 0 Å². The highest BCUT2D eigenvalue weighted by molar-refractivity contribution is 5.94. The van der Waals surface area contributed by atoms with Crippen LogP contribution in [0.3, 0.4) is 0 Å². The maximum absolute atomic E-state index is 14.0. The van der Waals surface area contributed by atoms with Crippen LogP contribution in [-0.2, 0) is 13.0 Å². The molecule has 4 rings (SSSR count). The van der Waals surface area contributed by atoms with Gasteiger partial charge < -0.3 is 14.2 Å². The van der Waals surface area contributed by atoms with Crippen molar-refractivity contribution >= 4 is 5.91 Å². The Bertz CT molecular complexity index is 835. The second kappa shape index (κ2) is 7.66. The molecule has 1 unspecified atom stereocenters. The van der Waals surface area contributed by atoms with Crippen LogP contribution < -0.4 is 4.74 Å². The lowest BCUT2D eigenvalue weighted by molar-refractivity contribution is 0.0702. The minimum atomic E-state index is -0.514. The molecule has 7 heteroatoms. The maximum Gasteiger partial charge on any atom is 0.253 e. The van der Waals surface area contributed by atoms with Crippen molar-refractivity contribution in [1.82, 2.24) is 19.7 Å². The number of carbonyl (C=O) groups excluding carboxylic acids is 1. The Kier molecular flexibility index (Phi) is 5.09. The van der Waals surface area contributed by atoms with Gasteiger partial charge in [-0.2, -0.15) is 0 Å². The van der Waals surface area contributed by atoms with E-state index >= 15 is 0 Å². The van der Waals surface area contributed by atoms with Gasteiger partial charge >= 0.3 is 0 Å². The van der Waals surface area contributed by atoms with Gasteiger partial charge in [0.15, 0.2) is 11.6 Å². The third-order valence-electron chi connectivity index (χ3n) is 5.61. The largest absolute Gasteiger partial charge is 0.494 e. The molecule has 0 spiro atoms. The van der Waals surface area contributed by atoms with Crippen molar-refractivity contribution in [2.45, 2.75) is 51.0 Å². The van der Waals surface area contributed by atoms with Crippen molar-refractivity contribution in [3.8, 4) is 5.75 Å². The molecule has 144 valence electrons. The SMILES string of the molecule is COc1ccc(C(=O)N2CCCC(c3nnc4n3CCCCC4)C2)cc1F. The van der Waals surface area contributed by atoms with Gasteiger partial charge in [-0.3, -0.25) is 4.79 Å². The summed E-state index contributed by atoms with van der Waals surface area (Å²) < 4.78 is 21.2. The molecular weight excluding hydrogens is 347 g/mol. The molecule has 1 amide bonds. The Labute approximate surface area is 158 Å². The molecule has 1 fully saturated rings. The number of aryl methyl sites for hydroxylation is 1. The molecule has 2 aliphatic heterocycles. The zero-order valence-electron chi connectivity index (χ0n) is 15.7. The van der Waals surface area contributed by atoms with E-state index < -0.39 is 5.82 Å². The van der Waals surface area contributed by atoms with Gasteiger partial charge in [-0.15, -0.1) is 10.2 Å². The third kappa shape index (κ3) is 3.55. The van der Waals surface area contributed by atoms with E-state index in [4.69, 9.17) is 4.74 Å². The van der Waals surface area contributed by atoms with Crippen LogP contribution in [0.5, 0.6) is 5.75 Å². The van der Waals surface area contributed by atoms with Gasteiger partial charge in [0.2, 0.25) is 0 Å². The Balaban J connectivity index is 1.52. The standard InChI is InChI=1S/C20H25FN4O2/c1-27-17-9-8-14(12-16(17)21)20(26)24-10-5-6-15(13-24)19-23-22-18-7-3-2-4-11-25(18)19/h8-9,12,15H,2-7,10-11,13H2,1H3. The highest BCUT2D eigenvalue weighted by atomic mass is 19.1. The van der Waals surface area contributed by atoms with E-state index in [0.29, 0.717) is 18.7 Å². The van der Waals surface area contributed by atoms with Crippen LogP contribution in [0, 0.1) is 5.82 Å². The van der Waals surface area contributed by atoms with E-state index in [1.54, 1.807) is 6.07 Å². The van der Waals surface area contributed by atoms with Crippen LogP contribution in [0.15, 0.2) is 18.2 Å². The molecule has 2 aliphatic rings. The summed E-state index contributed by atoms with van der Waals surface area (Å²) in [6, 6.07) is 4.38. The first-order valence-corrected chi connectivity index (χ1v) is 9.72. The van der Waals surface area contributed by atoms with Gasteiger partial charge in [0.1, 0.15) is 11.6 Å². The number of amides is 1. The second-order valence-corrected chi connectivity index (χ2v) is 7.38. The van der Waals surface area contributed by atoms with Gasteiger partial charge in [-0.05, 0) is 43.9 Å². The van der Waals surface area contributed by atoms with Crippen LogP contribution >= 0.6 is 0 Å². The van der Waals surface area contributed by atoms with Gasteiger partial charge in [-0.25, -0.2) is 4.39 Å². The molecule has 1 aromatic heterocycles. The highest BCUT2D eigenvalue weighted by Crippen LogP contribution is 2.29. The first kappa shape index (κ1) is 17.9. The predicted molar refractivity (Wildman–Crippen MR) is 98.4 cm³/mol. The third-order valence-corrected chi connectivity index (χ3v) is 5.61. The van der Waals surface area contributed by atoms with E-state index in [-0.39, 0.29) is 17.6 Å². The van der Waals surface area contributed by atoms with Crippen LogP contribution in [0.1, 0.15) is 60.0 Å². The first-order valence-electron chi connectivity index (χ1n) is 9.72. The van der Waals surface area contributed by atoms with E-state index in [1.165, 1.54) is 25.7 Å². The summed E-state index contributed by atoms with van der Waals surface area (Å²) in [4.78, 5) is 14.7. The highest BCUT2D eigenvalue weighted by Gasteiger charge is 2.30. The normalized spacial score (nSPS) is 20.1. The fourth-order valence-corrected chi connectivity index (χ4v) is 4.16. The summed E-state index contributed by atoms with van der Waals surface area (Å²) in [6.45, 7) is 2.25. The van der Waals surface area contributed by atoms with Crippen LogP contribution in [-0.4, -0.2) is 45.8 Å². The van der Waals surface area contributed by atoms with Crippen molar-refractivity contribution in [3.05, 3.63) is 41.2 Å². The molecule has 1 saturated heterocycles. The van der Waals surface area contributed by atoms with Gasteiger partial charge in [0.25, 0.3) is 5.91 Å². The molecule has 0 radical (unpaired) electrons. The minimum Gasteiger partial charge on any atom is -0.494 e. The topological polar surface area (TPSA) is 60.2 Å². The molecule has 0 saturated carbocycles. The number of aromatic nitrogens is 3. The van der Waals surface area contributed by atoms with Gasteiger partial charge in [0, 0.05) is 37.5 Å². The molecular formula is C20H25FN4O2. The number of rotatable bonds is 3. The van der Waals surface area contributed by atoms with Crippen LogP contribution in [0.4, 0.5) is 4.39 Å². The van der Waals surface area contributed by atoms with Crippen molar-refractivity contribution in [1.29, 1.82) is 0 Å². The molecule has 3 heterocycles. The number of benzene rings is 1. The van der Waals surface area contributed by atoms with Crippen LogP contribution in [0.25, 0.3) is 0 Å². The first-order chi connectivity index (χ1) is 13.2. The fraction of sp³-hybridized carbons (Fsp3) is 0.550. The fourth-order valence-electron chi connectivity index (χ4n) is 4.16. The number of piperidine rings is 1. The van der Waals surface area contributed by atoms with Gasteiger partial charge in [0.05, 0.1) is 7.11 Å². The molecule has 0 bridgehead atoms. The summed E-state index contributed by atoms with van der Waals surface area (Å²) in [7, 11) is 1.41. The lowest BCUT2D eigenvalue weighted by Gasteiger charge is -2.32. The number of carbonyl (C=O) groups is 1.